The van der Waals surface area contributed by atoms with Crippen LogP contribution in [0.15, 0.2) is 0 Å². The summed E-state index contributed by atoms with van der Waals surface area (Å²) in [7, 11) is 0. The molecule has 4 heteroatoms. The highest BCUT2D eigenvalue weighted by Gasteiger charge is 2.43. The number of hydrogen-bond donors (Lipinski definition) is 1. The molecule has 0 saturated heterocycles. The fourth-order valence-corrected chi connectivity index (χ4v) is 1.81. The number of rotatable bonds is 10. The van der Waals surface area contributed by atoms with Crippen LogP contribution >= 0.6 is 0 Å². The summed E-state index contributed by atoms with van der Waals surface area (Å²) >= 11 is 0. The molecule has 0 aliphatic heterocycles. The Balaban J connectivity index is 1.97. The molecule has 0 aromatic heterocycles. The summed E-state index contributed by atoms with van der Waals surface area (Å²) in [6.07, 6.45) is 9.57. The number of ketones is 1. The van der Waals surface area contributed by atoms with Gasteiger partial charge in [0.25, 0.3) is 0 Å². The monoisotopic (exact) mass is 255 g/mol. The van der Waals surface area contributed by atoms with Crippen LogP contribution in [0.2, 0.25) is 0 Å². The van der Waals surface area contributed by atoms with Gasteiger partial charge in [-0.25, -0.2) is 4.79 Å². The lowest BCUT2D eigenvalue weighted by Gasteiger charge is -2.09. The van der Waals surface area contributed by atoms with Gasteiger partial charge in [-0.05, 0) is 6.42 Å². The lowest BCUT2D eigenvalue weighted by molar-refractivity contribution is -0.159. The molecule has 0 atom stereocenters. The third-order valence-electron chi connectivity index (χ3n) is 3.27. The van der Waals surface area contributed by atoms with E-state index in [1.54, 1.807) is 0 Å². The Labute approximate surface area is 109 Å². The zero-order valence-electron chi connectivity index (χ0n) is 11.4. The molecule has 0 aromatic carbocycles. The van der Waals surface area contributed by atoms with Crippen molar-refractivity contribution >= 4 is 11.8 Å². The van der Waals surface area contributed by atoms with E-state index in [9.17, 15) is 9.59 Å². The Hall–Kier alpha value is -0.900. The van der Waals surface area contributed by atoms with Crippen molar-refractivity contribution in [2.75, 3.05) is 0 Å². The van der Waals surface area contributed by atoms with E-state index in [4.69, 9.17) is 10.5 Å². The summed E-state index contributed by atoms with van der Waals surface area (Å²) in [5.41, 5.74) is 4.79. The molecule has 18 heavy (non-hydrogen) atoms. The third-order valence-corrected chi connectivity index (χ3v) is 3.27. The molecule has 0 spiro atoms. The highest BCUT2D eigenvalue weighted by Crippen LogP contribution is 2.33. The van der Waals surface area contributed by atoms with Crippen molar-refractivity contribution in [1.82, 2.24) is 0 Å². The molecule has 0 heterocycles. The van der Waals surface area contributed by atoms with E-state index in [1.165, 1.54) is 25.7 Å². The lowest BCUT2D eigenvalue weighted by atomic mass is 10.1. The number of hydrogen-bond acceptors (Lipinski definition) is 4. The third kappa shape index (κ3) is 6.15. The first kappa shape index (κ1) is 15.2. The maximum absolute atomic E-state index is 11.5. The zero-order chi connectivity index (χ0) is 13.4. The normalized spacial score (nSPS) is 16.3. The largest absolute Gasteiger partial charge is 0.438 e. The van der Waals surface area contributed by atoms with Crippen molar-refractivity contribution in [3.63, 3.8) is 0 Å². The molecule has 0 unspecified atom stereocenters. The Morgan fingerprint density at radius 2 is 1.61 bits per heavy atom. The minimum absolute atomic E-state index is 0.294. The predicted octanol–water partition coefficient (Wildman–Crippen LogP) is 2.69. The zero-order valence-corrected chi connectivity index (χ0v) is 11.4. The highest BCUT2D eigenvalue weighted by atomic mass is 16.6. The summed E-state index contributed by atoms with van der Waals surface area (Å²) in [5, 5.41) is 0. The standard InChI is InChI=1S/C14H25NO3/c1-2-3-4-5-6-7-8-9-12(16)13(17)18-14(15)10-11-14/h2-11,15H2,1H3. The number of Topliss-reactive ketones (excluding diaryl/α,β-unsaturated/α-hetero) is 1. The van der Waals surface area contributed by atoms with Crippen LogP contribution in [0.3, 0.4) is 0 Å². The van der Waals surface area contributed by atoms with Crippen molar-refractivity contribution in [2.45, 2.75) is 76.9 Å². The first-order valence-corrected chi connectivity index (χ1v) is 7.12. The molecule has 1 rings (SSSR count). The van der Waals surface area contributed by atoms with E-state index < -0.39 is 17.5 Å². The number of ether oxygens (including phenoxy) is 1. The molecule has 1 saturated carbocycles. The molecule has 4 nitrogen and oxygen atoms in total. The van der Waals surface area contributed by atoms with Gasteiger partial charge in [0.05, 0.1) is 0 Å². The van der Waals surface area contributed by atoms with E-state index in [0.29, 0.717) is 19.3 Å². The predicted molar refractivity (Wildman–Crippen MR) is 69.9 cm³/mol. The van der Waals surface area contributed by atoms with Crippen LogP contribution in [0.1, 0.15) is 71.1 Å². The van der Waals surface area contributed by atoms with Crippen molar-refractivity contribution < 1.29 is 14.3 Å². The molecule has 104 valence electrons. The average Bonchev–Trinajstić information content (AvgIpc) is 3.05. The van der Waals surface area contributed by atoms with Gasteiger partial charge in [-0.2, -0.15) is 0 Å². The van der Waals surface area contributed by atoms with Crippen molar-refractivity contribution in [1.29, 1.82) is 0 Å². The number of esters is 1. The van der Waals surface area contributed by atoms with Gasteiger partial charge in [-0.15, -0.1) is 0 Å². The summed E-state index contributed by atoms with van der Waals surface area (Å²) in [6, 6.07) is 0. The van der Waals surface area contributed by atoms with Gasteiger partial charge in [-0.3, -0.25) is 10.5 Å². The molecular formula is C14H25NO3. The van der Waals surface area contributed by atoms with Crippen LogP contribution in [0, 0.1) is 0 Å². The number of unbranched alkanes of at least 4 members (excludes halogenated alkanes) is 6. The van der Waals surface area contributed by atoms with E-state index in [0.717, 1.165) is 19.3 Å². The van der Waals surface area contributed by atoms with Crippen LogP contribution in [0.5, 0.6) is 0 Å². The number of carbonyl (C=O) groups excluding carboxylic acids is 2. The van der Waals surface area contributed by atoms with Crippen molar-refractivity contribution in [2.24, 2.45) is 5.73 Å². The van der Waals surface area contributed by atoms with Gasteiger partial charge < -0.3 is 4.74 Å². The molecule has 0 radical (unpaired) electrons. The second-order valence-corrected chi connectivity index (χ2v) is 5.25. The van der Waals surface area contributed by atoms with Gasteiger partial charge in [0.1, 0.15) is 0 Å². The molecule has 1 aliphatic carbocycles. The van der Waals surface area contributed by atoms with Crippen LogP contribution in [0.25, 0.3) is 0 Å². The average molecular weight is 255 g/mol. The van der Waals surface area contributed by atoms with Gasteiger partial charge in [0, 0.05) is 19.3 Å². The van der Waals surface area contributed by atoms with E-state index in [-0.39, 0.29) is 0 Å². The molecule has 0 aromatic rings. The van der Waals surface area contributed by atoms with Gasteiger partial charge >= 0.3 is 5.97 Å². The molecule has 1 fully saturated rings. The van der Waals surface area contributed by atoms with Crippen LogP contribution in [-0.4, -0.2) is 17.5 Å². The smallest absolute Gasteiger partial charge is 0.376 e. The highest BCUT2D eigenvalue weighted by molar-refractivity contribution is 6.33. The quantitative estimate of drug-likeness (QED) is 0.282. The first-order valence-electron chi connectivity index (χ1n) is 7.12. The van der Waals surface area contributed by atoms with Gasteiger partial charge in [0.15, 0.2) is 5.72 Å². The maximum Gasteiger partial charge on any atom is 0.376 e. The SMILES string of the molecule is CCCCCCCCCC(=O)C(=O)OC1(N)CC1. The molecule has 2 N–H and O–H groups in total. The van der Waals surface area contributed by atoms with Crippen LogP contribution in [0.4, 0.5) is 0 Å². The summed E-state index contributed by atoms with van der Waals surface area (Å²) in [6.45, 7) is 2.19. The van der Waals surface area contributed by atoms with Gasteiger partial charge in [0.2, 0.25) is 5.78 Å². The molecule has 1 aliphatic rings. The van der Waals surface area contributed by atoms with Crippen LogP contribution < -0.4 is 5.73 Å². The Bertz CT molecular complexity index is 285. The van der Waals surface area contributed by atoms with Crippen LogP contribution in [-0.2, 0) is 14.3 Å². The van der Waals surface area contributed by atoms with Gasteiger partial charge in [-0.1, -0.05) is 45.4 Å². The fourth-order valence-electron chi connectivity index (χ4n) is 1.81. The first-order chi connectivity index (χ1) is 8.57. The Morgan fingerprint density at radius 3 is 2.17 bits per heavy atom. The maximum atomic E-state index is 11.5. The second kappa shape index (κ2) is 7.52. The van der Waals surface area contributed by atoms with E-state index in [2.05, 4.69) is 6.92 Å². The van der Waals surface area contributed by atoms with E-state index in [1.807, 2.05) is 0 Å². The molecular weight excluding hydrogens is 230 g/mol. The Morgan fingerprint density at radius 1 is 1.06 bits per heavy atom. The number of carbonyl (C=O) groups is 2. The Kier molecular flexibility index (Phi) is 6.33. The topological polar surface area (TPSA) is 69.4 Å². The lowest BCUT2D eigenvalue weighted by Crippen LogP contribution is -2.32. The molecule has 0 amide bonds. The summed E-state index contributed by atoms with van der Waals surface area (Å²) in [5.74, 6) is -1.18. The molecule has 0 bridgehead atoms. The minimum atomic E-state index is -0.826. The minimum Gasteiger partial charge on any atom is -0.438 e. The van der Waals surface area contributed by atoms with Crippen molar-refractivity contribution in [3.05, 3.63) is 0 Å². The fraction of sp³-hybridized carbons (Fsp3) is 0.857. The summed E-state index contributed by atoms with van der Waals surface area (Å²) < 4.78 is 4.91. The summed E-state index contributed by atoms with van der Waals surface area (Å²) in [4.78, 5) is 22.8. The second-order valence-electron chi connectivity index (χ2n) is 5.25. The number of nitrogens with two attached hydrogens (primary N) is 1. The van der Waals surface area contributed by atoms with E-state index >= 15 is 0 Å². The van der Waals surface area contributed by atoms with Crippen molar-refractivity contribution in [3.8, 4) is 0 Å².